The van der Waals surface area contributed by atoms with Crippen LogP contribution in [0.1, 0.15) is 45.7 Å². The fraction of sp³-hybridized carbons (Fsp3) is 0.167. The minimum Gasteiger partial charge on any atom is -0.465 e. The van der Waals surface area contributed by atoms with Gasteiger partial charge in [0.15, 0.2) is 0 Å². The maximum Gasteiger partial charge on any atom is 0.337 e. The van der Waals surface area contributed by atoms with Gasteiger partial charge in [-0.3, -0.25) is 10.1 Å². The highest BCUT2D eigenvalue weighted by Gasteiger charge is 2.41. The third kappa shape index (κ3) is 3.35. The van der Waals surface area contributed by atoms with Crippen molar-refractivity contribution in [2.24, 2.45) is 5.10 Å². The minimum absolute atomic E-state index is 0.0151. The number of non-ortho nitro benzene ring substituents is 1. The van der Waals surface area contributed by atoms with Gasteiger partial charge in [-0.1, -0.05) is 42.5 Å². The number of hydrogen-bond donors (Lipinski definition) is 0. The molecule has 8 nitrogen and oxygen atoms in total. The third-order valence-electron chi connectivity index (χ3n) is 5.71. The summed E-state index contributed by atoms with van der Waals surface area (Å²) in [5, 5.41) is 18.0. The quantitative estimate of drug-likeness (QED) is 0.341. The van der Waals surface area contributed by atoms with Crippen LogP contribution in [-0.4, -0.2) is 28.7 Å². The number of carbonyl (C=O) groups is 1. The first kappa shape index (κ1) is 19.7. The number of nitrogens with zero attached hydrogens (tertiary/aromatic N) is 3. The van der Waals surface area contributed by atoms with Gasteiger partial charge in [-0.25, -0.2) is 9.80 Å². The molecular formula is C24H19N3O5. The number of nitro benzene ring substituents is 1. The Morgan fingerprint density at radius 2 is 1.88 bits per heavy atom. The number of benzene rings is 3. The van der Waals surface area contributed by atoms with Crippen LogP contribution in [0.5, 0.6) is 5.75 Å². The SMILES string of the molecule is COC(=O)c1ccc([C@@H]2Oc3ccc([N+](=O)[O-])cc3[C@@H]3CC(c4ccccc4)=NN32)cc1. The van der Waals surface area contributed by atoms with E-state index in [0.717, 1.165) is 22.4 Å². The van der Waals surface area contributed by atoms with Crippen LogP contribution in [0.4, 0.5) is 5.69 Å². The highest BCUT2D eigenvalue weighted by Crippen LogP contribution is 2.48. The lowest BCUT2D eigenvalue weighted by molar-refractivity contribution is -0.385. The van der Waals surface area contributed by atoms with Crippen LogP contribution in [-0.2, 0) is 4.74 Å². The summed E-state index contributed by atoms with van der Waals surface area (Å²) in [4.78, 5) is 22.7. The molecule has 3 aromatic rings. The van der Waals surface area contributed by atoms with Crippen molar-refractivity contribution >= 4 is 17.4 Å². The molecule has 0 bridgehead atoms. The number of esters is 1. The highest BCUT2D eigenvalue weighted by atomic mass is 16.6. The molecule has 0 saturated heterocycles. The molecule has 0 fully saturated rings. The van der Waals surface area contributed by atoms with Gasteiger partial charge in [-0.05, 0) is 23.8 Å². The van der Waals surface area contributed by atoms with E-state index in [1.807, 2.05) is 35.3 Å². The average molecular weight is 429 g/mol. The van der Waals surface area contributed by atoms with Crippen LogP contribution < -0.4 is 4.74 Å². The molecule has 0 aromatic heterocycles. The number of hydrazone groups is 1. The van der Waals surface area contributed by atoms with Gasteiger partial charge in [0, 0.05) is 29.7 Å². The Morgan fingerprint density at radius 3 is 2.56 bits per heavy atom. The molecule has 2 heterocycles. The minimum atomic E-state index is -0.540. The summed E-state index contributed by atoms with van der Waals surface area (Å²) in [6, 6.07) is 21.2. The van der Waals surface area contributed by atoms with Crippen LogP contribution in [0.3, 0.4) is 0 Å². The molecule has 0 N–H and O–H groups in total. The molecule has 3 aromatic carbocycles. The Kier molecular flexibility index (Phi) is 4.82. The van der Waals surface area contributed by atoms with Crippen LogP contribution in [0.25, 0.3) is 0 Å². The molecule has 0 radical (unpaired) electrons. The van der Waals surface area contributed by atoms with Gasteiger partial charge in [0.2, 0.25) is 6.23 Å². The summed E-state index contributed by atoms with van der Waals surface area (Å²) in [5.74, 6) is 0.172. The molecule has 2 aliphatic rings. The molecule has 8 heteroatoms. The monoisotopic (exact) mass is 429 g/mol. The zero-order chi connectivity index (χ0) is 22.2. The Balaban J connectivity index is 1.57. The fourth-order valence-electron chi connectivity index (χ4n) is 4.11. The highest BCUT2D eigenvalue weighted by molar-refractivity contribution is 6.02. The van der Waals surface area contributed by atoms with Gasteiger partial charge < -0.3 is 9.47 Å². The third-order valence-corrected chi connectivity index (χ3v) is 5.71. The van der Waals surface area contributed by atoms with Crippen LogP contribution in [0.15, 0.2) is 77.9 Å². The molecule has 0 spiro atoms. The number of fused-ring (bicyclic) bond motifs is 3. The number of methoxy groups -OCH3 is 1. The average Bonchev–Trinajstić information content (AvgIpc) is 3.29. The lowest BCUT2D eigenvalue weighted by Gasteiger charge is -2.38. The Labute approximate surface area is 183 Å². The summed E-state index contributed by atoms with van der Waals surface area (Å²) < 4.78 is 11.0. The molecule has 2 aliphatic heterocycles. The summed E-state index contributed by atoms with van der Waals surface area (Å²) in [6.07, 6.45) is 0.0556. The zero-order valence-electron chi connectivity index (χ0n) is 17.2. The van der Waals surface area contributed by atoms with E-state index >= 15 is 0 Å². The summed E-state index contributed by atoms with van der Waals surface area (Å²) in [6.45, 7) is 0. The van der Waals surface area contributed by atoms with Gasteiger partial charge in [0.25, 0.3) is 5.69 Å². The number of carbonyl (C=O) groups excluding carboxylic acids is 1. The predicted octanol–water partition coefficient (Wildman–Crippen LogP) is 4.62. The number of ether oxygens (including phenoxy) is 2. The van der Waals surface area contributed by atoms with E-state index in [-0.39, 0.29) is 11.7 Å². The van der Waals surface area contributed by atoms with Gasteiger partial charge in [0.1, 0.15) is 5.75 Å². The van der Waals surface area contributed by atoms with E-state index in [0.29, 0.717) is 17.7 Å². The molecule has 160 valence electrons. The normalized spacial score (nSPS) is 18.8. The van der Waals surface area contributed by atoms with E-state index in [1.165, 1.54) is 13.2 Å². The smallest absolute Gasteiger partial charge is 0.337 e. The van der Waals surface area contributed by atoms with Gasteiger partial charge in [-0.2, -0.15) is 5.10 Å². The van der Waals surface area contributed by atoms with Gasteiger partial charge >= 0.3 is 5.97 Å². The first-order chi connectivity index (χ1) is 15.5. The van der Waals surface area contributed by atoms with Crippen molar-refractivity contribution in [1.29, 1.82) is 0 Å². The standard InChI is InChI=1S/C24H19N3O5/c1-31-24(28)17-9-7-16(8-10-17)23-26-21(14-20(25-26)15-5-3-2-4-6-15)19-13-18(27(29)30)11-12-22(19)32-23/h2-13,21,23H,14H2,1H3/t21-,23-/m0/s1. The maximum absolute atomic E-state index is 11.8. The van der Waals surface area contributed by atoms with Crippen molar-refractivity contribution in [3.63, 3.8) is 0 Å². The largest absolute Gasteiger partial charge is 0.465 e. The second-order valence-electron chi connectivity index (χ2n) is 7.58. The number of nitro groups is 1. The van der Waals surface area contributed by atoms with E-state index in [2.05, 4.69) is 0 Å². The van der Waals surface area contributed by atoms with Crippen LogP contribution in [0.2, 0.25) is 0 Å². The molecule has 32 heavy (non-hydrogen) atoms. The molecule has 0 unspecified atom stereocenters. The Morgan fingerprint density at radius 1 is 1.12 bits per heavy atom. The topological polar surface area (TPSA) is 94.3 Å². The molecule has 0 amide bonds. The van der Waals surface area contributed by atoms with E-state index in [4.69, 9.17) is 14.6 Å². The van der Waals surface area contributed by atoms with Crippen LogP contribution in [0, 0.1) is 10.1 Å². The number of rotatable bonds is 4. The van der Waals surface area contributed by atoms with E-state index in [9.17, 15) is 14.9 Å². The maximum atomic E-state index is 11.8. The second-order valence-corrected chi connectivity index (χ2v) is 7.58. The van der Waals surface area contributed by atoms with Gasteiger partial charge in [-0.15, -0.1) is 0 Å². The summed E-state index contributed by atoms with van der Waals surface area (Å²) in [5.41, 5.74) is 3.88. The van der Waals surface area contributed by atoms with E-state index in [1.54, 1.807) is 36.4 Å². The van der Waals surface area contributed by atoms with Crippen molar-refractivity contribution in [3.05, 3.63) is 105 Å². The number of hydrogen-bond acceptors (Lipinski definition) is 7. The van der Waals surface area contributed by atoms with Crippen molar-refractivity contribution in [1.82, 2.24) is 5.01 Å². The van der Waals surface area contributed by atoms with Crippen LogP contribution >= 0.6 is 0 Å². The lowest BCUT2D eigenvalue weighted by Crippen LogP contribution is -2.33. The molecule has 0 saturated carbocycles. The summed E-state index contributed by atoms with van der Waals surface area (Å²) >= 11 is 0. The summed E-state index contributed by atoms with van der Waals surface area (Å²) in [7, 11) is 1.34. The van der Waals surface area contributed by atoms with Crippen molar-refractivity contribution < 1.29 is 19.2 Å². The Hall–Kier alpha value is -4.20. The first-order valence-electron chi connectivity index (χ1n) is 10.1. The van der Waals surface area contributed by atoms with E-state index < -0.39 is 17.1 Å². The Bertz CT molecular complexity index is 1220. The van der Waals surface area contributed by atoms with Crippen molar-refractivity contribution in [3.8, 4) is 5.75 Å². The van der Waals surface area contributed by atoms with Crippen molar-refractivity contribution in [2.45, 2.75) is 18.7 Å². The predicted molar refractivity (Wildman–Crippen MR) is 116 cm³/mol. The molecule has 0 aliphatic carbocycles. The van der Waals surface area contributed by atoms with Gasteiger partial charge in [0.05, 0.1) is 29.4 Å². The second kappa shape index (κ2) is 7.81. The first-order valence-corrected chi connectivity index (χ1v) is 10.1. The molecule has 2 atom stereocenters. The lowest BCUT2D eigenvalue weighted by atomic mass is 9.95. The molecule has 5 rings (SSSR count). The zero-order valence-corrected chi connectivity index (χ0v) is 17.2. The molecular weight excluding hydrogens is 410 g/mol. The van der Waals surface area contributed by atoms with Crippen molar-refractivity contribution in [2.75, 3.05) is 7.11 Å². The fourth-order valence-corrected chi connectivity index (χ4v) is 4.11.